The van der Waals surface area contributed by atoms with Gasteiger partial charge in [0.1, 0.15) is 0 Å². The molecule has 1 fully saturated rings. The van der Waals surface area contributed by atoms with Crippen LogP contribution in [0.5, 0.6) is 0 Å². The first-order valence-electron chi connectivity index (χ1n) is 9.28. The highest BCUT2D eigenvalue weighted by Crippen LogP contribution is 2.34. The lowest BCUT2D eigenvalue weighted by Gasteiger charge is -2.34. The number of hydrogen-bond acceptors (Lipinski definition) is 3. The molecule has 3 heterocycles. The number of anilines is 1. The second kappa shape index (κ2) is 7.75. The van der Waals surface area contributed by atoms with E-state index in [1.807, 2.05) is 35.0 Å². The molecule has 0 aliphatic carbocycles. The number of urea groups is 1. The molecule has 0 atom stereocenters. The number of aromatic nitrogens is 2. The van der Waals surface area contributed by atoms with Gasteiger partial charge in [-0.15, -0.1) is 0 Å². The number of para-hydroxylation sites is 1. The predicted octanol–water partition coefficient (Wildman–Crippen LogP) is 3.70. The van der Waals surface area contributed by atoms with Crippen LogP contribution in [0.2, 0.25) is 0 Å². The van der Waals surface area contributed by atoms with Crippen molar-refractivity contribution in [2.45, 2.75) is 12.7 Å². The quantitative estimate of drug-likeness (QED) is 0.726. The minimum Gasteiger partial charge on any atom is -0.322 e. The van der Waals surface area contributed by atoms with Gasteiger partial charge in [0.2, 0.25) is 0 Å². The number of pyridine rings is 1. The summed E-state index contributed by atoms with van der Waals surface area (Å²) < 4.78 is 41.1. The Balaban J connectivity index is 1.34. The van der Waals surface area contributed by atoms with Crippen molar-refractivity contribution in [2.75, 3.05) is 31.5 Å². The maximum Gasteiger partial charge on any atom is 0.418 e. The summed E-state index contributed by atoms with van der Waals surface area (Å²) in [5, 5.41) is 6.93. The lowest BCUT2D eigenvalue weighted by molar-refractivity contribution is -0.136. The Morgan fingerprint density at radius 2 is 1.76 bits per heavy atom. The molecule has 4 rings (SSSR count). The van der Waals surface area contributed by atoms with E-state index in [1.54, 1.807) is 0 Å². The Morgan fingerprint density at radius 3 is 2.48 bits per heavy atom. The van der Waals surface area contributed by atoms with Crippen LogP contribution in [0.3, 0.4) is 0 Å². The number of nitrogens with zero attached hydrogens (tertiary/aromatic N) is 4. The van der Waals surface area contributed by atoms with Crippen LogP contribution >= 0.6 is 0 Å². The average Bonchev–Trinajstić information content (AvgIpc) is 3.10. The Bertz CT molecular complexity index is 976. The van der Waals surface area contributed by atoms with Gasteiger partial charge in [-0.1, -0.05) is 18.2 Å². The van der Waals surface area contributed by atoms with E-state index in [-0.39, 0.29) is 5.69 Å². The highest BCUT2D eigenvalue weighted by Gasteiger charge is 2.34. The van der Waals surface area contributed by atoms with Crippen LogP contribution in [-0.4, -0.2) is 51.6 Å². The van der Waals surface area contributed by atoms with Gasteiger partial charge in [0.05, 0.1) is 22.5 Å². The second-order valence-corrected chi connectivity index (χ2v) is 6.94. The van der Waals surface area contributed by atoms with Gasteiger partial charge < -0.3 is 10.2 Å². The van der Waals surface area contributed by atoms with Crippen LogP contribution in [0.1, 0.15) is 11.3 Å². The van der Waals surface area contributed by atoms with Gasteiger partial charge >= 0.3 is 12.2 Å². The molecular weight excluding hydrogens is 383 g/mol. The molecule has 3 aromatic rings. The van der Waals surface area contributed by atoms with Crippen molar-refractivity contribution in [3.05, 3.63) is 66.0 Å². The summed E-state index contributed by atoms with van der Waals surface area (Å²) in [6.07, 6.45) is -2.63. The first-order chi connectivity index (χ1) is 13.9. The summed E-state index contributed by atoms with van der Waals surface area (Å²) in [5.41, 5.74) is 0.882. The molecule has 9 heteroatoms. The van der Waals surface area contributed by atoms with E-state index < -0.39 is 17.8 Å². The van der Waals surface area contributed by atoms with E-state index in [9.17, 15) is 18.0 Å². The number of amides is 2. The number of nitrogens with one attached hydrogen (secondary N) is 1. The lowest BCUT2D eigenvalue weighted by Crippen LogP contribution is -2.49. The number of piperazine rings is 1. The zero-order valence-corrected chi connectivity index (χ0v) is 15.6. The zero-order valence-electron chi connectivity index (χ0n) is 15.6. The first kappa shape index (κ1) is 19.3. The molecule has 1 aliphatic heterocycles. The lowest BCUT2D eigenvalue weighted by atomic mass is 10.1. The molecule has 1 aromatic carbocycles. The SMILES string of the molecule is O=C(Nc1ccccc1C(F)(F)F)N1CCN(Cc2cc3ccccn3n2)CC1. The summed E-state index contributed by atoms with van der Waals surface area (Å²) in [6.45, 7) is 2.79. The molecule has 0 saturated carbocycles. The van der Waals surface area contributed by atoms with Crippen molar-refractivity contribution in [3.8, 4) is 0 Å². The Labute approximate surface area is 165 Å². The van der Waals surface area contributed by atoms with Gasteiger partial charge in [-0.3, -0.25) is 4.90 Å². The Morgan fingerprint density at radius 1 is 1.03 bits per heavy atom. The summed E-state index contributed by atoms with van der Waals surface area (Å²) in [7, 11) is 0. The Kier molecular flexibility index (Phi) is 5.14. The van der Waals surface area contributed by atoms with Gasteiger partial charge in [0, 0.05) is 38.9 Å². The number of benzene rings is 1. The van der Waals surface area contributed by atoms with E-state index in [1.165, 1.54) is 23.1 Å². The summed E-state index contributed by atoms with van der Waals surface area (Å²) in [6, 6.07) is 12.4. The topological polar surface area (TPSA) is 52.9 Å². The molecular formula is C20H20F3N5O. The van der Waals surface area contributed by atoms with Crippen molar-refractivity contribution in [1.29, 1.82) is 0 Å². The number of rotatable bonds is 3. The molecule has 0 unspecified atom stereocenters. The fourth-order valence-electron chi connectivity index (χ4n) is 3.44. The Hall–Kier alpha value is -3.07. The van der Waals surface area contributed by atoms with Crippen LogP contribution in [-0.2, 0) is 12.7 Å². The van der Waals surface area contributed by atoms with Gasteiger partial charge in [-0.05, 0) is 30.3 Å². The minimum absolute atomic E-state index is 0.225. The van der Waals surface area contributed by atoms with E-state index in [0.29, 0.717) is 32.7 Å². The number of carbonyl (C=O) groups is 1. The van der Waals surface area contributed by atoms with Crippen LogP contribution in [0.4, 0.5) is 23.7 Å². The number of hydrogen-bond donors (Lipinski definition) is 1. The average molecular weight is 403 g/mol. The fourth-order valence-corrected chi connectivity index (χ4v) is 3.44. The molecule has 6 nitrogen and oxygen atoms in total. The fraction of sp³-hybridized carbons (Fsp3) is 0.300. The first-order valence-corrected chi connectivity index (χ1v) is 9.28. The molecule has 0 radical (unpaired) electrons. The van der Waals surface area contributed by atoms with E-state index in [2.05, 4.69) is 15.3 Å². The smallest absolute Gasteiger partial charge is 0.322 e. The molecule has 0 spiro atoms. The van der Waals surface area contributed by atoms with Gasteiger partial charge in [-0.25, -0.2) is 9.31 Å². The van der Waals surface area contributed by atoms with Crippen LogP contribution in [0.15, 0.2) is 54.7 Å². The number of fused-ring (bicyclic) bond motifs is 1. The minimum atomic E-state index is -4.52. The molecule has 1 saturated heterocycles. The standard InChI is InChI=1S/C20H20F3N5O/c21-20(22,23)17-6-1-2-7-18(17)24-19(29)27-11-9-26(10-12-27)14-15-13-16-5-3-4-8-28(16)25-15/h1-8,13H,9-12,14H2,(H,24,29). The van der Waals surface area contributed by atoms with E-state index >= 15 is 0 Å². The zero-order chi connectivity index (χ0) is 20.4. The molecule has 1 aliphatic rings. The monoisotopic (exact) mass is 403 g/mol. The third kappa shape index (κ3) is 4.34. The molecule has 2 aromatic heterocycles. The molecule has 0 bridgehead atoms. The van der Waals surface area contributed by atoms with E-state index in [4.69, 9.17) is 0 Å². The van der Waals surface area contributed by atoms with Crippen molar-refractivity contribution in [1.82, 2.24) is 19.4 Å². The normalized spacial score (nSPS) is 15.6. The van der Waals surface area contributed by atoms with Gasteiger partial charge in [0.25, 0.3) is 0 Å². The van der Waals surface area contributed by atoms with Crippen LogP contribution in [0, 0.1) is 0 Å². The van der Waals surface area contributed by atoms with Crippen molar-refractivity contribution in [2.24, 2.45) is 0 Å². The van der Waals surface area contributed by atoms with Crippen molar-refractivity contribution < 1.29 is 18.0 Å². The van der Waals surface area contributed by atoms with E-state index in [0.717, 1.165) is 17.3 Å². The molecule has 1 N–H and O–H groups in total. The molecule has 2 amide bonds. The highest BCUT2D eigenvalue weighted by molar-refractivity contribution is 5.90. The third-order valence-electron chi connectivity index (χ3n) is 4.94. The summed E-state index contributed by atoms with van der Waals surface area (Å²) >= 11 is 0. The highest BCUT2D eigenvalue weighted by atomic mass is 19.4. The summed E-state index contributed by atoms with van der Waals surface area (Å²) in [5.74, 6) is 0. The van der Waals surface area contributed by atoms with Crippen LogP contribution < -0.4 is 5.32 Å². The maximum atomic E-state index is 13.1. The van der Waals surface area contributed by atoms with Crippen LogP contribution in [0.25, 0.3) is 5.52 Å². The number of halogens is 3. The third-order valence-corrected chi connectivity index (χ3v) is 4.94. The maximum absolute atomic E-state index is 13.1. The molecule has 152 valence electrons. The number of alkyl halides is 3. The van der Waals surface area contributed by atoms with Crippen molar-refractivity contribution in [3.63, 3.8) is 0 Å². The number of carbonyl (C=O) groups excluding carboxylic acids is 1. The van der Waals surface area contributed by atoms with Gasteiger partial charge in [0.15, 0.2) is 0 Å². The summed E-state index contributed by atoms with van der Waals surface area (Å²) in [4.78, 5) is 16.2. The molecule has 29 heavy (non-hydrogen) atoms. The largest absolute Gasteiger partial charge is 0.418 e. The van der Waals surface area contributed by atoms with Gasteiger partial charge in [-0.2, -0.15) is 18.3 Å². The predicted molar refractivity (Wildman–Crippen MR) is 103 cm³/mol. The van der Waals surface area contributed by atoms with Crippen molar-refractivity contribution >= 4 is 17.2 Å². The second-order valence-electron chi connectivity index (χ2n) is 6.94.